The summed E-state index contributed by atoms with van der Waals surface area (Å²) in [6.07, 6.45) is 0. The van der Waals surface area contributed by atoms with Gasteiger partial charge in [-0.15, -0.1) is 0 Å². The molecule has 6 rings (SSSR count). The molecule has 1 aliphatic heterocycles. The van der Waals surface area contributed by atoms with Crippen molar-refractivity contribution in [2.24, 2.45) is 0 Å². The first kappa shape index (κ1) is 16.6. The number of nitrogens with zero attached hydrogens (tertiary/aromatic N) is 2. The Morgan fingerprint density at radius 1 is 0.633 bits per heavy atom. The van der Waals surface area contributed by atoms with Crippen molar-refractivity contribution < 1.29 is 4.74 Å². The second-order valence-electron chi connectivity index (χ2n) is 7.36. The maximum absolute atomic E-state index is 9.70. The van der Waals surface area contributed by atoms with Crippen LogP contribution in [0.2, 0.25) is 0 Å². The van der Waals surface area contributed by atoms with E-state index in [1.807, 2.05) is 60.7 Å². The Bertz CT molecular complexity index is 1450. The number of fused-ring (bicyclic) bond motifs is 5. The lowest BCUT2D eigenvalue weighted by molar-refractivity contribution is 0.477. The highest BCUT2D eigenvalue weighted by Crippen LogP contribution is 2.50. The Hall–Kier alpha value is -4.29. The van der Waals surface area contributed by atoms with Crippen LogP contribution < -0.4 is 9.64 Å². The number of para-hydroxylation sites is 4. The Morgan fingerprint density at radius 2 is 1.27 bits per heavy atom. The van der Waals surface area contributed by atoms with Gasteiger partial charge in [-0.1, -0.05) is 54.6 Å². The van der Waals surface area contributed by atoms with E-state index in [0.29, 0.717) is 5.56 Å². The quantitative estimate of drug-likeness (QED) is 0.276. The van der Waals surface area contributed by atoms with Crippen LogP contribution in [0.4, 0.5) is 17.1 Å². The van der Waals surface area contributed by atoms with Crippen LogP contribution in [0.1, 0.15) is 5.56 Å². The predicted octanol–water partition coefficient (Wildman–Crippen LogP) is 7.44. The minimum absolute atomic E-state index is 0.693. The van der Waals surface area contributed by atoms with E-state index in [-0.39, 0.29) is 0 Å². The van der Waals surface area contributed by atoms with Crippen molar-refractivity contribution in [3.8, 4) is 17.6 Å². The first-order valence-corrected chi connectivity index (χ1v) is 9.85. The molecule has 0 fully saturated rings. The van der Waals surface area contributed by atoms with E-state index in [2.05, 4.69) is 47.4 Å². The van der Waals surface area contributed by atoms with Crippen LogP contribution in [0.3, 0.4) is 0 Å². The maximum atomic E-state index is 9.70. The lowest BCUT2D eigenvalue weighted by atomic mass is 9.97. The average molecular weight is 384 g/mol. The molecule has 0 unspecified atom stereocenters. The van der Waals surface area contributed by atoms with E-state index in [1.54, 1.807) is 0 Å². The smallest absolute Gasteiger partial charge is 0.151 e. The van der Waals surface area contributed by atoms with Crippen LogP contribution in [0.25, 0.3) is 21.5 Å². The number of ether oxygens (including phenoxy) is 1. The van der Waals surface area contributed by atoms with Gasteiger partial charge in [0.15, 0.2) is 11.5 Å². The third-order valence-corrected chi connectivity index (χ3v) is 5.65. The van der Waals surface area contributed by atoms with Gasteiger partial charge >= 0.3 is 0 Å². The molecule has 140 valence electrons. The summed E-state index contributed by atoms with van der Waals surface area (Å²) in [5.74, 6) is 1.65. The molecule has 0 saturated carbocycles. The van der Waals surface area contributed by atoms with E-state index >= 15 is 0 Å². The van der Waals surface area contributed by atoms with Gasteiger partial charge in [-0.2, -0.15) is 5.26 Å². The normalized spacial score (nSPS) is 12.2. The zero-order valence-corrected chi connectivity index (χ0v) is 16.0. The molecule has 0 atom stereocenters. The van der Waals surface area contributed by atoms with Crippen molar-refractivity contribution >= 4 is 38.6 Å². The highest BCUT2D eigenvalue weighted by Gasteiger charge is 2.25. The lowest BCUT2D eigenvalue weighted by Crippen LogP contribution is -2.15. The van der Waals surface area contributed by atoms with Gasteiger partial charge in [0, 0.05) is 11.1 Å². The van der Waals surface area contributed by atoms with Crippen LogP contribution in [0.5, 0.6) is 11.5 Å². The summed E-state index contributed by atoms with van der Waals surface area (Å²) in [4.78, 5) is 2.22. The van der Waals surface area contributed by atoms with Crippen molar-refractivity contribution in [3.05, 3.63) is 103 Å². The number of nitriles is 1. The zero-order chi connectivity index (χ0) is 20.1. The second kappa shape index (κ2) is 6.37. The molecule has 5 aromatic carbocycles. The minimum Gasteiger partial charge on any atom is -0.453 e. The predicted molar refractivity (Wildman–Crippen MR) is 121 cm³/mol. The molecule has 1 heterocycles. The van der Waals surface area contributed by atoms with E-state index in [4.69, 9.17) is 4.74 Å². The highest BCUT2D eigenvalue weighted by molar-refractivity contribution is 6.11. The summed E-state index contributed by atoms with van der Waals surface area (Å²) in [6.45, 7) is 0. The molecular formula is C27H16N2O. The maximum Gasteiger partial charge on any atom is 0.151 e. The molecule has 0 spiro atoms. The standard InChI is InChI=1S/C27H16N2O/c28-17-19-15-18-16-20(13-14-22(18)23-8-2-1-7-21(19)23)29-24-9-3-5-11-26(24)30-27-12-6-4-10-25(27)29/h1-16H. The molecule has 30 heavy (non-hydrogen) atoms. The fourth-order valence-corrected chi connectivity index (χ4v) is 4.32. The first-order valence-electron chi connectivity index (χ1n) is 9.85. The fourth-order valence-electron chi connectivity index (χ4n) is 4.32. The molecule has 5 aromatic rings. The van der Waals surface area contributed by atoms with Gasteiger partial charge in [-0.05, 0) is 58.6 Å². The van der Waals surface area contributed by atoms with Gasteiger partial charge in [0.25, 0.3) is 0 Å². The van der Waals surface area contributed by atoms with Gasteiger partial charge in [0.05, 0.1) is 23.0 Å². The Kier molecular flexibility index (Phi) is 3.53. The highest BCUT2D eigenvalue weighted by atomic mass is 16.5. The molecule has 0 N–H and O–H groups in total. The molecule has 3 heteroatoms. The average Bonchev–Trinajstić information content (AvgIpc) is 2.81. The van der Waals surface area contributed by atoms with E-state index in [9.17, 15) is 5.26 Å². The number of rotatable bonds is 1. The van der Waals surface area contributed by atoms with E-state index in [1.165, 1.54) is 0 Å². The molecular weight excluding hydrogens is 368 g/mol. The van der Waals surface area contributed by atoms with Gasteiger partial charge in [0.2, 0.25) is 0 Å². The lowest BCUT2D eigenvalue weighted by Gasteiger charge is -2.33. The number of hydrogen-bond acceptors (Lipinski definition) is 3. The van der Waals surface area contributed by atoms with Crippen molar-refractivity contribution in [1.82, 2.24) is 0 Å². The molecule has 0 bridgehead atoms. The van der Waals surface area contributed by atoms with Gasteiger partial charge in [0.1, 0.15) is 0 Å². The van der Waals surface area contributed by atoms with Crippen LogP contribution in [-0.2, 0) is 0 Å². The monoisotopic (exact) mass is 384 g/mol. The number of benzene rings is 5. The summed E-state index contributed by atoms with van der Waals surface area (Å²) < 4.78 is 6.13. The molecule has 0 radical (unpaired) electrons. The van der Waals surface area contributed by atoms with Crippen LogP contribution in [0, 0.1) is 11.3 Å². The zero-order valence-electron chi connectivity index (χ0n) is 16.0. The molecule has 0 aromatic heterocycles. The van der Waals surface area contributed by atoms with E-state index < -0.39 is 0 Å². The summed E-state index contributed by atoms with van der Waals surface area (Å²) >= 11 is 0. The molecule has 0 saturated heterocycles. The van der Waals surface area contributed by atoms with Crippen LogP contribution in [0.15, 0.2) is 97.1 Å². The molecule has 3 nitrogen and oxygen atoms in total. The molecule has 1 aliphatic rings. The van der Waals surface area contributed by atoms with E-state index in [0.717, 1.165) is 50.1 Å². The third-order valence-electron chi connectivity index (χ3n) is 5.65. The Labute approximate surface area is 174 Å². The second-order valence-corrected chi connectivity index (χ2v) is 7.36. The molecule has 0 amide bonds. The topological polar surface area (TPSA) is 36.3 Å². The number of anilines is 3. The van der Waals surface area contributed by atoms with Crippen molar-refractivity contribution in [2.45, 2.75) is 0 Å². The van der Waals surface area contributed by atoms with Gasteiger partial charge in [-0.3, -0.25) is 0 Å². The Morgan fingerprint density at radius 3 is 1.97 bits per heavy atom. The Balaban J connectivity index is 1.63. The number of hydrogen-bond donors (Lipinski definition) is 0. The molecule has 0 aliphatic carbocycles. The largest absolute Gasteiger partial charge is 0.453 e. The van der Waals surface area contributed by atoms with Gasteiger partial charge < -0.3 is 9.64 Å². The summed E-state index contributed by atoms with van der Waals surface area (Å²) in [7, 11) is 0. The minimum atomic E-state index is 0.693. The summed E-state index contributed by atoms with van der Waals surface area (Å²) in [5, 5.41) is 14.0. The first-order chi connectivity index (χ1) is 14.8. The summed E-state index contributed by atoms with van der Waals surface area (Å²) in [6, 6.07) is 35.0. The van der Waals surface area contributed by atoms with Crippen LogP contribution in [-0.4, -0.2) is 0 Å². The van der Waals surface area contributed by atoms with Crippen molar-refractivity contribution in [2.75, 3.05) is 4.90 Å². The van der Waals surface area contributed by atoms with Crippen molar-refractivity contribution in [3.63, 3.8) is 0 Å². The summed E-state index contributed by atoms with van der Waals surface area (Å²) in [5.41, 5.74) is 3.72. The third kappa shape index (κ3) is 2.38. The van der Waals surface area contributed by atoms with Crippen molar-refractivity contribution in [1.29, 1.82) is 5.26 Å². The fraction of sp³-hybridized carbons (Fsp3) is 0. The van der Waals surface area contributed by atoms with Gasteiger partial charge in [-0.25, -0.2) is 0 Å². The SMILES string of the molecule is N#Cc1cc2cc(N3c4ccccc4Oc4ccccc43)ccc2c2ccccc12. The van der Waals surface area contributed by atoms with Crippen LogP contribution >= 0.6 is 0 Å².